The third-order valence-electron chi connectivity index (χ3n) is 3.97. The van der Waals surface area contributed by atoms with Gasteiger partial charge in [-0.1, -0.05) is 6.07 Å². The molecule has 1 amide bonds. The summed E-state index contributed by atoms with van der Waals surface area (Å²) in [4.78, 5) is 26.8. The van der Waals surface area contributed by atoms with Gasteiger partial charge in [-0.05, 0) is 31.0 Å². The van der Waals surface area contributed by atoms with Crippen LogP contribution < -0.4 is 20.3 Å². The van der Waals surface area contributed by atoms with Gasteiger partial charge in [-0.3, -0.25) is 9.59 Å². The molecule has 0 saturated heterocycles. The highest BCUT2D eigenvalue weighted by Crippen LogP contribution is 2.27. The molecule has 0 bridgehead atoms. The number of rotatable bonds is 6. The molecule has 2 heterocycles. The van der Waals surface area contributed by atoms with Gasteiger partial charge in [0.05, 0.1) is 14.2 Å². The van der Waals surface area contributed by atoms with Crippen molar-refractivity contribution in [3.63, 3.8) is 0 Å². The summed E-state index contributed by atoms with van der Waals surface area (Å²) >= 11 is 0. The number of carbonyl (C=O) groups is 1. The molecule has 2 N–H and O–H groups in total. The lowest BCUT2D eigenvalue weighted by atomic mass is 10.1. The quantitative estimate of drug-likeness (QED) is 0.694. The Bertz CT molecular complexity index is 1010. The molecule has 0 fully saturated rings. The summed E-state index contributed by atoms with van der Waals surface area (Å²) < 4.78 is 11.9. The van der Waals surface area contributed by atoms with Gasteiger partial charge in [-0.25, -0.2) is 4.52 Å². The molecule has 0 unspecified atom stereocenters. The molecular formula is C18H20N4O4. The van der Waals surface area contributed by atoms with Gasteiger partial charge in [-0.15, -0.1) is 0 Å². The highest BCUT2D eigenvalue weighted by Gasteiger charge is 2.13. The maximum Gasteiger partial charge on any atom is 0.274 e. The van der Waals surface area contributed by atoms with Crippen LogP contribution in [0.5, 0.6) is 11.5 Å². The van der Waals surface area contributed by atoms with Crippen LogP contribution in [0, 0.1) is 6.92 Å². The topological polar surface area (TPSA) is 97.7 Å². The molecular weight excluding hydrogens is 336 g/mol. The van der Waals surface area contributed by atoms with Gasteiger partial charge < -0.3 is 19.8 Å². The highest BCUT2D eigenvalue weighted by atomic mass is 16.5. The van der Waals surface area contributed by atoms with Gasteiger partial charge in [0.25, 0.3) is 11.5 Å². The SMILES string of the molecule is COc1ccc(CCNC(=O)c2cc3c(=O)[nH]c(C)cn3n2)cc1OC. The van der Waals surface area contributed by atoms with E-state index in [-0.39, 0.29) is 17.2 Å². The van der Waals surface area contributed by atoms with Crippen molar-refractivity contribution in [2.45, 2.75) is 13.3 Å². The number of H-pyrrole nitrogens is 1. The fraction of sp³-hybridized carbons (Fsp3) is 0.278. The number of amides is 1. The van der Waals surface area contributed by atoms with E-state index in [0.717, 1.165) is 5.56 Å². The standard InChI is InChI=1S/C18H20N4O4/c1-11-10-22-14(18(24)20-11)9-13(21-22)17(23)19-7-6-12-4-5-15(25-2)16(8-12)26-3/h4-5,8-10H,6-7H2,1-3H3,(H,19,23)(H,20,24). The number of nitrogens with one attached hydrogen (secondary N) is 2. The maximum atomic E-state index is 12.3. The molecule has 8 heteroatoms. The Morgan fingerprint density at radius 2 is 2.00 bits per heavy atom. The minimum atomic E-state index is -0.328. The summed E-state index contributed by atoms with van der Waals surface area (Å²) in [6, 6.07) is 7.09. The summed E-state index contributed by atoms with van der Waals surface area (Å²) in [5.74, 6) is 0.975. The third kappa shape index (κ3) is 3.53. The van der Waals surface area contributed by atoms with Crippen LogP contribution in [0.2, 0.25) is 0 Å². The first-order valence-electron chi connectivity index (χ1n) is 8.10. The summed E-state index contributed by atoms with van der Waals surface area (Å²) in [5.41, 5.74) is 1.94. The molecule has 0 radical (unpaired) electrons. The zero-order valence-corrected chi connectivity index (χ0v) is 14.8. The largest absolute Gasteiger partial charge is 0.493 e. The summed E-state index contributed by atoms with van der Waals surface area (Å²) in [7, 11) is 3.16. The molecule has 2 aromatic heterocycles. The predicted molar refractivity (Wildman–Crippen MR) is 96.1 cm³/mol. The van der Waals surface area contributed by atoms with Crippen molar-refractivity contribution in [1.29, 1.82) is 0 Å². The van der Waals surface area contributed by atoms with E-state index in [0.29, 0.717) is 35.7 Å². The Balaban J connectivity index is 1.66. The normalized spacial score (nSPS) is 10.7. The predicted octanol–water partition coefficient (Wildman–Crippen LogP) is 1.32. The fourth-order valence-corrected chi connectivity index (χ4v) is 2.68. The van der Waals surface area contributed by atoms with E-state index in [9.17, 15) is 9.59 Å². The van der Waals surface area contributed by atoms with Crippen molar-refractivity contribution in [1.82, 2.24) is 19.9 Å². The van der Waals surface area contributed by atoms with Crippen LogP contribution in [0.25, 0.3) is 5.52 Å². The van der Waals surface area contributed by atoms with Crippen molar-refractivity contribution in [3.05, 3.63) is 57.8 Å². The van der Waals surface area contributed by atoms with Gasteiger partial charge >= 0.3 is 0 Å². The fourth-order valence-electron chi connectivity index (χ4n) is 2.68. The number of ether oxygens (including phenoxy) is 2. The van der Waals surface area contributed by atoms with E-state index in [1.807, 2.05) is 18.2 Å². The number of nitrogens with zero attached hydrogens (tertiary/aromatic N) is 2. The number of aryl methyl sites for hydroxylation is 1. The summed E-state index contributed by atoms with van der Waals surface area (Å²) in [6.07, 6.45) is 2.29. The van der Waals surface area contributed by atoms with E-state index in [1.165, 1.54) is 10.6 Å². The van der Waals surface area contributed by atoms with Crippen LogP contribution in [-0.2, 0) is 6.42 Å². The third-order valence-corrected chi connectivity index (χ3v) is 3.97. The lowest BCUT2D eigenvalue weighted by Gasteiger charge is -2.09. The number of benzene rings is 1. The van der Waals surface area contributed by atoms with Crippen molar-refractivity contribution in [2.75, 3.05) is 20.8 Å². The number of hydrogen-bond donors (Lipinski definition) is 2. The summed E-state index contributed by atoms with van der Waals surface area (Å²) in [6.45, 7) is 2.18. The molecule has 0 spiro atoms. The van der Waals surface area contributed by atoms with Crippen LogP contribution in [0.4, 0.5) is 0 Å². The minimum Gasteiger partial charge on any atom is -0.493 e. The van der Waals surface area contributed by atoms with Crippen LogP contribution in [0.3, 0.4) is 0 Å². The van der Waals surface area contributed by atoms with Crippen LogP contribution >= 0.6 is 0 Å². The first kappa shape index (κ1) is 17.5. The average molecular weight is 356 g/mol. The monoisotopic (exact) mass is 356 g/mol. The Morgan fingerprint density at radius 3 is 2.73 bits per heavy atom. The number of aromatic amines is 1. The van der Waals surface area contributed by atoms with E-state index in [2.05, 4.69) is 15.4 Å². The van der Waals surface area contributed by atoms with Gasteiger partial charge in [0.15, 0.2) is 17.2 Å². The second-order valence-corrected chi connectivity index (χ2v) is 5.82. The number of methoxy groups -OCH3 is 2. The van der Waals surface area contributed by atoms with Crippen molar-refractivity contribution in [2.24, 2.45) is 0 Å². The lowest BCUT2D eigenvalue weighted by Crippen LogP contribution is -2.26. The van der Waals surface area contributed by atoms with Crippen LogP contribution in [-0.4, -0.2) is 41.3 Å². The first-order valence-corrected chi connectivity index (χ1v) is 8.10. The lowest BCUT2D eigenvalue weighted by molar-refractivity contribution is 0.0949. The highest BCUT2D eigenvalue weighted by molar-refractivity contribution is 5.93. The van der Waals surface area contributed by atoms with Crippen molar-refractivity contribution < 1.29 is 14.3 Å². The molecule has 0 aliphatic heterocycles. The van der Waals surface area contributed by atoms with E-state index in [1.54, 1.807) is 27.3 Å². The molecule has 0 atom stereocenters. The Kier molecular flexibility index (Phi) is 4.92. The summed E-state index contributed by atoms with van der Waals surface area (Å²) in [5, 5.41) is 6.97. The molecule has 136 valence electrons. The van der Waals surface area contributed by atoms with Crippen molar-refractivity contribution in [3.8, 4) is 11.5 Å². The molecule has 0 aliphatic carbocycles. The van der Waals surface area contributed by atoms with Gasteiger partial charge in [0.2, 0.25) is 0 Å². The first-order chi connectivity index (χ1) is 12.5. The van der Waals surface area contributed by atoms with Gasteiger partial charge in [-0.2, -0.15) is 5.10 Å². The molecule has 0 aliphatic rings. The molecule has 26 heavy (non-hydrogen) atoms. The Morgan fingerprint density at radius 1 is 1.23 bits per heavy atom. The van der Waals surface area contributed by atoms with Gasteiger partial charge in [0, 0.05) is 24.5 Å². The Labute approximate surface area is 149 Å². The smallest absolute Gasteiger partial charge is 0.274 e. The van der Waals surface area contributed by atoms with Gasteiger partial charge in [0.1, 0.15) is 5.52 Å². The van der Waals surface area contributed by atoms with E-state index in [4.69, 9.17) is 9.47 Å². The number of carbonyl (C=O) groups excluding carboxylic acids is 1. The van der Waals surface area contributed by atoms with Crippen LogP contribution in [0.15, 0.2) is 35.3 Å². The molecule has 1 aromatic carbocycles. The van der Waals surface area contributed by atoms with E-state index >= 15 is 0 Å². The zero-order valence-electron chi connectivity index (χ0n) is 14.8. The van der Waals surface area contributed by atoms with E-state index < -0.39 is 0 Å². The second kappa shape index (κ2) is 7.30. The molecule has 3 rings (SSSR count). The maximum absolute atomic E-state index is 12.3. The Hall–Kier alpha value is -3.29. The molecule has 0 saturated carbocycles. The zero-order chi connectivity index (χ0) is 18.7. The second-order valence-electron chi connectivity index (χ2n) is 5.82. The number of fused-ring (bicyclic) bond motifs is 1. The molecule has 3 aromatic rings. The average Bonchev–Trinajstić information content (AvgIpc) is 3.06. The number of aromatic nitrogens is 3. The molecule has 8 nitrogen and oxygen atoms in total. The minimum absolute atomic E-state index is 0.202. The number of hydrogen-bond acceptors (Lipinski definition) is 5. The van der Waals surface area contributed by atoms with Crippen LogP contribution in [0.1, 0.15) is 21.7 Å². The van der Waals surface area contributed by atoms with Crippen molar-refractivity contribution >= 4 is 11.4 Å².